The van der Waals surface area contributed by atoms with Crippen LogP contribution < -0.4 is 0 Å². The summed E-state index contributed by atoms with van der Waals surface area (Å²) in [5.41, 5.74) is 0.757. The summed E-state index contributed by atoms with van der Waals surface area (Å²) in [4.78, 5) is 0. The van der Waals surface area contributed by atoms with E-state index in [1.54, 1.807) is 0 Å². The zero-order chi connectivity index (χ0) is 11.5. The SMILES string of the molecule is CCC(C)(CO)Cc1cc(F)cc(Br)c1. The van der Waals surface area contributed by atoms with Gasteiger partial charge in [0.25, 0.3) is 0 Å². The molecule has 1 aromatic carbocycles. The molecule has 0 amide bonds. The summed E-state index contributed by atoms with van der Waals surface area (Å²) < 4.78 is 13.9. The van der Waals surface area contributed by atoms with Crippen LogP contribution in [-0.2, 0) is 6.42 Å². The molecule has 84 valence electrons. The highest BCUT2D eigenvalue weighted by Crippen LogP contribution is 2.27. The molecular weight excluding hydrogens is 259 g/mol. The van der Waals surface area contributed by atoms with Crippen molar-refractivity contribution in [1.82, 2.24) is 0 Å². The minimum atomic E-state index is -0.240. The maximum absolute atomic E-state index is 13.1. The lowest BCUT2D eigenvalue weighted by atomic mass is 9.82. The molecule has 0 aromatic heterocycles. The molecule has 0 spiro atoms. The average molecular weight is 275 g/mol. The Hall–Kier alpha value is -0.410. The first-order valence-electron chi connectivity index (χ1n) is 5.05. The van der Waals surface area contributed by atoms with Crippen LogP contribution in [0.3, 0.4) is 0 Å². The molecule has 0 aliphatic rings. The minimum absolute atomic E-state index is 0.123. The highest BCUT2D eigenvalue weighted by Gasteiger charge is 2.21. The third-order valence-corrected chi connectivity index (χ3v) is 3.25. The van der Waals surface area contributed by atoms with E-state index in [1.807, 2.05) is 19.9 Å². The van der Waals surface area contributed by atoms with E-state index in [0.29, 0.717) is 6.42 Å². The quantitative estimate of drug-likeness (QED) is 0.891. The van der Waals surface area contributed by atoms with E-state index in [9.17, 15) is 9.50 Å². The molecule has 0 saturated heterocycles. The van der Waals surface area contributed by atoms with E-state index in [-0.39, 0.29) is 17.8 Å². The second-order valence-corrected chi connectivity index (χ2v) is 5.19. The molecule has 1 atom stereocenters. The van der Waals surface area contributed by atoms with Crippen molar-refractivity contribution in [3.8, 4) is 0 Å². The number of hydrogen-bond acceptors (Lipinski definition) is 1. The predicted octanol–water partition coefficient (Wildman–Crippen LogP) is 3.54. The van der Waals surface area contributed by atoms with Crippen LogP contribution in [0.15, 0.2) is 22.7 Å². The van der Waals surface area contributed by atoms with Gasteiger partial charge in [-0.3, -0.25) is 0 Å². The van der Waals surface area contributed by atoms with E-state index >= 15 is 0 Å². The van der Waals surface area contributed by atoms with Gasteiger partial charge in [-0.25, -0.2) is 4.39 Å². The molecule has 0 aliphatic heterocycles. The van der Waals surface area contributed by atoms with Crippen molar-refractivity contribution in [2.24, 2.45) is 5.41 Å². The van der Waals surface area contributed by atoms with Gasteiger partial charge in [-0.15, -0.1) is 0 Å². The van der Waals surface area contributed by atoms with Gasteiger partial charge in [-0.05, 0) is 42.0 Å². The molecule has 1 nitrogen and oxygen atoms in total. The number of rotatable bonds is 4. The fourth-order valence-corrected chi connectivity index (χ4v) is 2.01. The van der Waals surface area contributed by atoms with Gasteiger partial charge in [0.15, 0.2) is 0 Å². The Morgan fingerprint density at radius 1 is 1.40 bits per heavy atom. The number of benzene rings is 1. The van der Waals surface area contributed by atoms with Crippen LogP contribution in [0.1, 0.15) is 25.8 Å². The van der Waals surface area contributed by atoms with Crippen LogP contribution in [0.25, 0.3) is 0 Å². The Kier molecular flexibility index (Phi) is 4.29. The molecule has 0 bridgehead atoms. The maximum atomic E-state index is 13.1. The molecule has 1 aromatic rings. The van der Waals surface area contributed by atoms with E-state index in [4.69, 9.17) is 0 Å². The van der Waals surface area contributed by atoms with Crippen LogP contribution in [0.5, 0.6) is 0 Å². The van der Waals surface area contributed by atoms with Crippen molar-refractivity contribution in [2.75, 3.05) is 6.61 Å². The average Bonchev–Trinajstić information content (AvgIpc) is 2.16. The molecular formula is C12H16BrFO. The zero-order valence-electron chi connectivity index (χ0n) is 9.06. The summed E-state index contributed by atoms with van der Waals surface area (Å²) in [6.07, 6.45) is 1.56. The van der Waals surface area contributed by atoms with Crippen LogP contribution in [-0.4, -0.2) is 11.7 Å². The second kappa shape index (κ2) is 5.08. The highest BCUT2D eigenvalue weighted by atomic mass is 79.9. The Balaban J connectivity index is 2.88. The van der Waals surface area contributed by atoms with Gasteiger partial charge in [0, 0.05) is 11.1 Å². The van der Waals surface area contributed by atoms with Gasteiger partial charge >= 0.3 is 0 Å². The van der Waals surface area contributed by atoms with Gasteiger partial charge in [-0.2, -0.15) is 0 Å². The van der Waals surface area contributed by atoms with Crippen LogP contribution in [0, 0.1) is 11.2 Å². The zero-order valence-corrected chi connectivity index (χ0v) is 10.6. The standard InChI is InChI=1S/C12H16BrFO/c1-3-12(2,8-15)7-9-4-10(13)6-11(14)5-9/h4-6,15H,3,7-8H2,1-2H3. The molecule has 15 heavy (non-hydrogen) atoms. The molecule has 0 fully saturated rings. The molecule has 0 aliphatic carbocycles. The Bertz CT molecular complexity index is 314. The first kappa shape index (κ1) is 12.7. The summed E-state index contributed by atoms with van der Waals surface area (Å²) in [5, 5.41) is 9.28. The van der Waals surface area contributed by atoms with Crippen molar-refractivity contribution < 1.29 is 9.50 Å². The smallest absolute Gasteiger partial charge is 0.124 e. The fourth-order valence-electron chi connectivity index (χ4n) is 1.50. The molecule has 3 heteroatoms. The summed E-state index contributed by atoms with van der Waals surface area (Å²) in [6, 6.07) is 4.85. The molecule has 0 heterocycles. The topological polar surface area (TPSA) is 20.2 Å². The summed E-state index contributed by atoms with van der Waals surface area (Å²) in [6.45, 7) is 4.16. The Morgan fingerprint density at radius 3 is 2.53 bits per heavy atom. The number of aliphatic hydroxyl groups is 1. The largest absolute Gasteiger partial charge is 0.396 e. The lowest BCUT2D eigenvalue weighted by Gasteiger charge is -2.25. The van der Waals surface area contributed by atoms with E-state index in [2.05, 4.69) is 15.9 Å². The summed E-state index contributed by atoms with van der Waals surface area (Å²) in [5.74, 6) is -0.240. The molecule has 1 N–H and O–H groups in total. The molecule has 0 radical (unpaired) electrons. The van der Waals surface area contributed by atoms with Crippen molar-refractivity contribution in [2.45, 2.75) is 26.7 Å². The Morgan fingerprint density at radius 2 is 2.07 bits per heavy atom. The lowest BCUT2D eigenvalue weighted by molar-refractivity contribution is 0.137. The molecule has 1 unspecified atom stereocenters. The van der Waals surface area contributed by atoms with E-state index in [1.165, 1.54) is 12.1 Å². The highest BCUT2D eigenvalue weighted by molar-refractivity contribution is 9.10. The van der Waals surface area contributed by atoms with Gasteiger partial charge in [-0.1, -0.05) is 29.8 Å². The van der Waals surface area contributed by atoms with Crippen LogP contribution in [0.4, 0.5) is 4.39 Å². The van der Waals surface area contributed by atoms with Crippen LogP contribution in [0.2, 0.25) is 0 Å². The Labute approximate surface area is 98.4 Å². The first-order chi connectivity index (χ1) is 6.99. The second-order valence-electron chi connectivity index (χ2n) is 4.28. The summed E-state index contributed by atoms with van der Waals surface area (Å²) >= 11 is 3.26. The van der Waals surface area contributed by atoms with Gasteiger partial charge in [0.05, 0.1) is 0 Å². The summed E-state index contributed by atoms with van der Waals surface area (Å²) in [7, 11) is 0. The third-order valence-electron chi connectivity index (χ3n) is 2.79. The van der Waals surface area contributed by atoms with E-state index in [0.717, 1.165) is 16.5 Å². The van der Waals surface area contributed by atoms with Crippen molar-refractivity contribution >= 4 is 15.9 Å². The molecule has 1 rings (SSSR count). The van der Waals surface area contributed by atoms with E-state index < -0.39 is 0 Å². The van der Waals surface area contributed by atoms with Gasteiger partial charge < -0.3 is 5.11 Å². The van der Waals surface area contributed by atoms with Crippen molar-refractivity contribution in [3.63, 3.8) is 0 Å². The fraction of sp³-hybridized carbons (Fsp3) is 0.500. The number of halogens is 2. The maximum Gasteiger partial charge on any atom is 0.124 e. The molecule has 0 saturated carbocycles. The minimum Gasteiger partial charge on any atom is -0.396 e. The first-order valence-corrected chi connectivity index (χ1v) is 5.84. The predicted molar refractivity (Wildman–Crippen MR) is 63.3 cm³/mol. The normalized spacial score (nSPS) is 15.0. The van der Waals surface area contributed by atoms with Crippen LogP contribution >= 0.6 is 15.9 Å². The van der Waals surface area contributed by atoms with Gasteiger partial charge in [0.1, 0.15) is 5.82 Å². The van der Waals surface area contributed by atoms with Crippen molar-refractivity contribution in [3.05, 3.63) is 34.1 Å². The number of aliphatic hydroxyl groups excluding tert-OH is 1. The monoisotopic (exact) mass is 274 g/mol. The number of hydrogen-bond donors (Lipinski definition) is 1. The lowest BCUT2D eigenvalue weighted by Crippen LogP contribution is -2.23. The van der Waals surface area contributed by atoms with Gasteiger partial charge in [0.2, 0.25) is 0 Å². The third kappa shape index (κ3) is 3.58. The van der Waals surface area contributed by atoms with Crippen molar-refractivity contribution in [1.29, 1.82) is 0 Å².